The molecule has 1 atom stereocenters. The second-order valence-electron chi connectivity index (χ2n) is 5.15. The Labute approximate surface area is 136 Å². The minimum absolute atomic E-state index is 0.225. The Hall–Kier alpha value is -1.71. The van der Waals surface area contributed by atoms with Gasteiger partial charge in [0, 0.05) is 18.3 Å². The number of halogens is 1. The molecule has 2 aromatic carbocycles. The first-order valence-electron chi connectivity index (χ1n) is 7.52. The molecule has 0 aliphatic heterocycles. The molecular weight excluding hydrogens is 298 g/mol. The van der Waals surface area contributed by atoms with Crippen molar-refractivity contribution in [2.24, 2.45) is 0 Å². The number of nitrogens with one attached hydrogen (secondary N) is 1. The summed E-state index contributed by atoms with van der Waals surface area (Å²) in [6, 6.07) is 18.1. The Morgan fingerprint density at radius 3 is 2.68 bits per heavy atom. The molecule has 22 heavy (non-hydrogen) atoms. The molecule has 0 bridgehead atoms. The van der Waals surface area contributed by atoms with Crippen LogP contribution in [0.2, 0.25) is 0 Å². The standard InChI is InChI=1S/C18H22ClNO2/c19-13-17(21)14-20-16-9-4-10-18(12-16)22-11-5-8-15-6-2-1-3-7-15/h1-4,6-7,9-10,12,17,20-21H,5,8,11,13-14H2. The highest BCUT2D eigenvalue weighted by Crippen LogP contribution is 2.17. The summed E-state index contributed by atoms with van der Waals surface area (Å²) in [4.78, 5) is 0. The Morgan fingerprint density at radius 2 is 1.91 bits per heavy atom. The van der Waals surface area contributed by atoms with Gasteiger partial charge in [0.2, 0.25) is 0 Å². The molecule has 0 amide bonds. The largest absolute Gasteiger partial charge is 0.494 e. The molecular formula is C18H22ClNO2. The van der Waals surface area contributed by atoms with Crippen molar-refractivity contribution in [1.29, 1.82) is 0 Å². The summed E-state index contributed by atoms with van der Waals surface area (Å²) < 4.78 is 5.77. The molecule has 1 unspecified atom stereocenters. The predicted molar refractivity (Wildman–Crippen MR) is 91.9 cm³/mol. The Kier molecular flexibility index (Phi) is 7.07. The summed E-state index contributed by atoms with van der Waals surface area (Å²) in [5.41, 5.74) is 2.25. The number of ether oxygens (including phenoxy) is 1. The van der Waals surface area contributed by atoms with Crippen LogP contribution in [0.3, 0.4) is 0 Å². The minimum atomic E-state index is -0.544. The summed E-state index contributed by atoms with van der Waals surface area (Å²) in [5, 5.41) is 12.6. The maximum absolute atomic E-state index is 9.44. The molecule has 0 aromatic heterocycles. The summed E-state index contributed by atoms with van der Waals surface area (Å²) in [6.07, 6.45) is 1.45. The highest BCUT2D eigenvalue weighted by molar-refractivity contribution is 6.18. The lowest BCUT2D eigenvalue weighted by molar-refractivity contribution is 0.211. The van der Waals surface area contributed by atoms with Gasteiger partial charge in [0.25, 0.3) is 0 Å². The minimum Gasteiger partial charge on any atom is -0.494 e. The molecule has 2 aromatic rings. The quantitative estimate of drug-likeness (QED) is 0.547. The number of aliphatic hydroxyl groups excluding tert-OH is 1. The van der Waals surface area contributed by atoms with Gasteiger partial charge in [0.1, 0.15) is 5.75 Å². The van der Waals surface area contributed by atoms with Gasteiger partial charge in [-0.2, -0.15) is 0 Å². The topological polar surface area (TPSA) is 41.5 Å². The first-order chi connectivity index (χ1) is 10.8. The molecule has 0 fully saturated rings. The van der Waals surface area contributed by atoms with E-state index in [-0.39, 0.29) is 5.88 Å². The highest BCUT2D eigenvalue weighted by atomic mass is 35.5. The molecule has 0 aliphatic rings. The highest BCUT2D eigenvalue weighted by Gasteiger charge is 2.02. The van der Waals surface area contributed by atoms with Gasteiger partial charge in [-0.1, -0.05) is 36.4 Å². The third-order valence-corrected chi connectivity index (χ3v) is 3.63. The number of anilines is 1. The van der Waals surface area contributed by atoms with E-state index in [1.54, 1.807) is 0 Å². The van der Waals surface area contributed by atoms with E-state index < -0.39 is 6.10 Å². The maximum atomic E-state index is 9.44. The lowest BCUT2D eigenvalue weighted by atomic mass is 10.1. The SMILES string of the molecule is OC(CCl)CNc1cccc(OCCCc2ccccc2)c1. The average Bonchev–Trinajstić information content (AvgIpc) is 2.58. The van der Waals surface area contributed by atoms with Crippen LogP contribution in [-0.2, 0) is 6.42 Å². The van der Waals surface area contributed by atoms with Crippen LogP contribution in [0.4, 0.5) is 5.69 Å². The lowest BCUT2D eigenvalue weighted by Crippen LogP contribution is -2.20. The van der Waals surface area contributed by atoms with Gasteiger partial charge in [-0.05, 0) is 30.5 Å². The van der Waals surface area contributed by atoms with Crippen molar-refractivity contribution in [3.63, 3.8) is 0 Å². The first kappa shape index (κ1) is 16.7. The van der Waals surface area contributed by atoms with Crippen molar-refractivity contribution in [2.75, 3.05) is 24.3 Å². The van der Waals surface area contributed by atoms with Crippen molar-refractivity contribution < 1.29 is 9.84 Å². The van der Waals surface area contributed by atoms with Crippen LogP contribution in [0.25, 0.3) is 0 Å². The van der Waals surface area contributed by atoms with Gasteiger partial charge in [0.05, 0.1) is 18.6 Å². The molecule has 0 aliphatic carbocycles. The zero-order chi connectivity index (χ0) is 15.6. The number of hydrogen-bond acceptors (Lipinski definition) is 3. The lowest BCUT2D eigenvalue weighted by Gasteiger charge is -2.12. The van der Waals surface area contributed by atoms with Gasteiger partial charge in [0.15, 0.2) is 0 Å². The molecule has 0 saturated carbocycles. The molecule has 4 heteroatoms. The van der Waals surface area contributed by atoms with Crippen molar-refractivity contribution in [3.8, 4) is 5.75 Å². The Morgan fingerprint density at radius 1 is 1.09 bits per heavy atom. The van der Waals surface area contributed by atoms with E-state index in [0.29, 0.717) is 13.2 Å². The third-order valence-electron chi connectivity index (χ3n) is 3.28. The van der Waals surface area contributed by atoms with Gasteiger partial charge < -0.3 is 15.2 Å². The zero-order valence-corrected chi connectivity index (χ0v) is 13.3. The molecule has 118 valence electrons. The van der Waals surface area contributed by atoms with E-state index in [1.807, 2.05) is 30.3 Å². The molecule has 3 nitrogen and oxygen atoms in total. The smallest absolute Gasteiger partial charge is 0.121 e. The van der Waals surface area contributed by atoms with Crippen LogP contribution in [0.15, 0.2) is 54.6 Å². The number of aryl methyl sites for hydroxylation is 1. The third kappa shape index (κ3) is 5.96. The molecule has 2 rings (SSSR count). The van der Waals surface area contributed by atoms with Crippen LogP contribution >= 0.6 is 11.6 Å². The molecule has 0 saturated heterocycles. The number of benzene rings is 2. The van der Waals surface area contributed by atoms with Gasteiger partial charge in [-0.15, -0.1) is 11.6 Å². The Bertz CT molecular complexity index is 548. The summed E-state index contributed by atoms with van der Waals surface area (Å²) >= 11 is 5.57. The average molecular weight is 320 g/mol. The molecule has 0 spiro atoms. The van der Waals surface area contributed by atoms with E-state index in [1.165, 1.54) is 5.56 Å². The summed E-state index contributed by atoms with van der Waals surface area (Å²) in [7, 11) is 0. The molecule has 2 N–H and O–H groups in total. The second kappa shape index (κ2) is 9.34. The van der Waals surface area contributed by atoms with E-state index in [4.69, 9.17) is 16.3 Å². The van der Waals surface area contributed by atoms with Crippen LogP contribution in [0.1, 0.15) is 12.0 Å². The van der Waals surface area contributed by atoms with E-state index >= 15 is 0 Å². The fourth-order valence-corrected chi connectivity index (χ4v) is 2.21. The zero-order valence-electron chi connectivity index (χ0n) is 12.5. The van der Waals surface area contributed by atoms with Crippen LogP contribution < -0.4 is 10.1 Å². The fraction of sp³-hybridized carbons (Fsp3) is 0.333. The van der Waals surface area contributed by atoms with Crippen molar-refractivity contribution in [1.82, 2.24) is 0 Å². The summed E-state index contributed by atoms with van der Waals surface area (Å²) in [6.45, 7) is 1.11. The fourth-order valence-electron chi connectivity index (χ4n) is 2.10. The van der Waals surface area contributed by atoms with Gasteiger partial charge in [-0.3, -0.25) is 0 Å². The monoisotopic (exact) mass is 319 g/mol. The van der Waals surface area contributed by atoms with Crippen molar-refractivity contribution >= 4 is 17.3 Å². The summed E-state index contributed by atoms with van der Waals surface area (Å²) in [5.74, 6) is 1.06. The van der Waals surface area contributed by atoms with Crippen molar-refractivity contribution in [2.45, 2.75) is 18.9 Å². The second-order valence-corrected chi connectivity index (χ2v) is 5.46. The van der Waals surface area contributed by atoms with Crippen LogP contribution in [0.5, 0.6) is 5.75 Å². The van der Waals surface area contributed by atoms with Crippen molar-refractivity contribution in [3.05, 3.63) is 60.2 Å². The normalized spacial score (nSPS) is 11.9. The number of hydrogen-bond donors (Lipinski definition) is 2. The van der Waals surface area contributed by atoms with Crippen LogP contribution in [0, 0.1) is 0 Å². The first-order valence-corrected chi connectivity index (χ1v) is 8.06. The molecule has 0 heterocycles. The number of alkyl halides is 1. The van der Waals surface area contributed by atoms with Gasteiger partial charge in [-0.25, -0.2) is 0 Å². The number of rotatable bonds is 9. The predicted octanol–water partition coefficient (Wildman–Crippen LogP) is 3.71. The van der Waals surface area contributed by atoms with E-state index in [2.05, 4.69) is 29.6 Å². The maximum Gasteiger partial charge on any atom is 0.121 e. The van der Waals surface area contributed by atoms with E-state index in [9.17, 15) is 5.11 Å². The molecule has 0 radical (unpaired) electrons. The van der Waals surface area contributed by atoms with Gasteiger partial charge >= 0.3 is 0 Å². The van der Waals surface area contributed by atoms with E-state index in [0.717, 1.165) is 24.3 Å². The van der Waals surface area contributed by atoms with Crippen LogP contribution in [-0.4, -0.2) is 30.2 Å². The Balaban J connectivity index is 1.73. The number of aliphatic hydroxyl groups is 1.